The predicted molar refractivity (Wildman–Crippen MR) is 117 cm³/mol. The first-order valence-electron chi connectivity index (χ1n) is 9.80. The normalized spacial score (nSPS) is 15.0. The lowest BCUT2D eigenvalue weighted by atomic mass is 10.0. The number of rotatable bonds is 6. The van der Waals surface area contributed by atoms with Crippen LogP contribution in [0.5, 0.6) is 0 Å². The monoisotopic (exact) mass is 414 g/mol. The molecule has 154 valence electrons. The smallest absolute Gasteiger partial charge is 0.313 e. The summed E-state index contributed by atoms with van der Waals surface area (Å²) in [7, 11) is 4.01. The number of carbonyl (C=O) groups is 2. The maximum Gasteiger partial charge on any atom is 0.313 e. The Morgan fingerprint density at radius 2 is 1.62 bits per heavy atom. The molecule has 29 heavy (non-hydrogen) atoms. The molecule has 3 rings (SSSR count). The molecule has 1 heterocycles. The Hall–Kier alpha value is -2.57. The van der Waals surface area contributed by atoms with Gasteiger partial charge in [0.05, 0.1) is 6.04 Å². The van der Waals surface area contributed by atoms with Gasteiger partial charge in [0.15, 0.2) is 0 Å². The molecule has 0 aromatic heterocycles. The highest BCUT2D eigenvalue weighted by Crippen LogP contribution is 2.26. The summed E-state index contributed by atoms with van der Waals surface area (Å²) in [6.07, 6.45) is 2.30. The zero-order valence-corrected chi connectivity index (χ0v) is 17.6. The number of carbonyl (C=O) groups excluding carboxylic acids is 2. The summed E-state index contributed by atoms with van der Waals surface area (Å²) in [6, 6.07) is 15.0. The molecule has 2 amide bonds. The van der Waals surface area contributed by atoms with Gasteiger partial charge < -0.3 is 15.5 Å². The van der Waals surface area contributed by atoms with Crippen molar-refractivity contribution in [3.63, 3.8) is 0 Å². The van der Waals surface area contributed by atoms with Gasteiger partial charge in [0.1, 0.15) is 0 Å². The van der Waals surface area contributed by atoms with E-state index in [9.17, 15) is 9.59 Å². The lowest BCUT2D eigenvalue weighted by Crippen LogP contribution is -2.41. The van der Waals surface area contributed by atoms with Crippen molar-refractivity contribution >= 4 is 34.8 Å². The third-order valence-electron chi connectivity index (χ3n) is 5.14. The minimum Gasteiger partial charge on any atom is -0.378 e. The van der Waals surface area contributed by atoms with Crippen LogP contribution in [-0.4, -0.2) is 50.4 Å². The lowest BCUT2D eigenvalue weighted by molar-refractivity contribution is -0.136. The van der Waals surface area contributed by atoms with Crippen molar-refractivity contribution in [1.29, 1.82) is 0 Å². The van der Waals surface area contributed by atoms with Crippen LogP contribution < -0.4 is 15.5 Å². The zero-order chi connectivity index (χ0) is 20.8. The highest BCUT2D eigenvalue weighted by molar-refractivity contribution is 6.39. The van der Waals surface area contributed by atoms with Crippen LogP contribution >= 0.6 is 11.6 Å². The van der Waals surface area contributed by atoms with Gasteiger partial charge in [-0.05, 0) is 67.9 Å². The number of halogens is 1. The SMILES string of the molecule is CN(C)c1ccc([C@@H](CNC(=O)C(=O)Nc2ccc(Cl)cc2)N2CCCC2)cc1. The van der Waals surface area contributed by atoms with Gasteiger partial charge in [-0.25, -0.2) is 0 Å². The topological polar surface area (TPSA) is 64.7 Å². The summed E-state index contributed by atoms with van der Waals surface area (Å²) in [5.41, 5.74) is 2.79. The Bertz CT molecular complexity index is 831. The Labute approximate surface area is 176 Å². The molecule has 1 aliphatic heterocycles. The fraction of sp³-hybridized carbons (Fsp3) is 0.364. The van der Waals surface area contributed by atoms with Crippen LogP contribution in [0.1, 0.15) is 24.4 Å². The molecule has 0 saturated carbocycles. The van der Waals surface area contributed by atoms with Crippen molar-refractivity contribution in [3.8, 4) is 0 Å². The Balaban J connectivity index is 1.63. The van der Waals surface area contributed by atoms with E-state index in [1.54, 1.807) is 24.3 Å². The molecule has 2 N–H and O–H groups in total. The second-order valence-corrected chi connectivity index (χ2v) is 7.85. The van der Waals surface area contributed by atoms with Gasteiger partial charge in [0.2, 0.25) is 0 Å². The number of nitrogens with zero attached hydrogens (tertiary/aromatic N) is 2. The van der Waals surface area contributed by atoms with Crippen LogP contribution in [0.2, 0.25) is 5.02 Å². The van der Waals surface area contributed by atoms with Gasteiger partial charge in [-0.3, -0.25) is 14.5 Å². The van der Waals surface area contributed by atoms with E-state index < -0.39 is 11.8 Å². The van der Waals surface area contributed by atoms with E-state index in [0.717, 1.165) is 37.2 Å². The van der Waals surface area contributed by atoms with E-state index in [-0.39, 0.29) is 6.04 Å². The van der Waals surface area contributed by atoms with Crippen LogP contribution in [0.3, 0.4) is 0 Å². The van der Waals surface area contributed by atoms with Crippen LogP contribution in [0.4, 0.5) is 11.4 Å². The minimum atomic E-state index is -0.685. The van der Waals surface area contributed by atoms with E-state index in [4.69, 9.17) is 11.6 Å². The molecule has 0 unspecified atom stereocenters. The molecule has 1 aliphatic rings. The number of amides is 2. The highest BCUT2D eigenvalue weighted by atomic mass is 35.5. The molecule has 2 aromatic rings. The number of likely N-dealkylation sites (tertiary alicyclic amines) is 1. The summed E-state index contributed by atoms with van der Waals surface area (Å²) in [4.78, 5) is 29.0. The second kappa shape index (κ2) is 9.76. The van der Waals surface area contributed by atoms with E-state index in [1.807, 2.05) is 14.1 Å². The van der Waals surface area contributed by atoms with Gasteiger partial charge in [-0.1, -0.05) is 23.7 Å². The third kappa shape index (κ3) is 5.71. The predicted octanol–water partition coefficient (Wildman–Crippen LogP) is 3.30. The molecule has 0 spiro atoms. The van der Waals surface area contributed by atoms with Crippen LogP contribution in [-0.2, 0) is 9.59 Å². The summed E-state index contributed by atoms with van der Waals surface area (Å²) in [5.74, 6) is -1.33. The van der Waals surface area contributed by atoms with Crippen molar-refractivity contribution < 1.29 is 9.59 Å². The van der Waals surface area contributed by atoms with Crippen molar-refractivity contribution in [2.75, 3.05) is 43.9 Å². The largest absolute Gasteiger partial charge is 0.378 e. The number of hydrogen-bond acceptors (Lipinski definition) is 4. The number of benzene rings is 2. The van der Waals surface area contributed by atoms with Gasteiger partial charge in [0, 0.05) is 37.0 Å². The molecule has 1 fully saturated rings. The number of hydrogen-bond donors (Lipinski definition) is 2. The first kappa shape index (κ1) is 21.1. The van der Waals surface area contributed by atoms with Crippen molar-refractivity contribution in [2.45, 2.75) is 18.9 Å². The van der Waals surface area contributed by atoms with Crippen LogP contribution in [0, 0.1) is 0 Å². The molecule has 7 heteroatoms. The number of nitrogens with one attached hydrogen (secondary N) is 2. The van der Waals surface area contributed by atoms with Gasteiger partial charge in [-0.2, -0.15) is 0 Å². The molecule has 0 bridgehead atoms. The fourth-order valence-electron chi connectivity index (χ4n) is 3.50. The summed E-state index contributed by atoms with van der Waals surface area (Å²) in [5, 5.41) is 5.96. The van der Waals surface area contributed by atoms with E-state index in [1.165, 1.54) is 0 Å². The van der Waals surface area contributed by atoms with Gasteiger partial charge in [0.25, 0.3) is 0 Å². The molecular formula is C22H27ClN4O2. The average molecular weight is 415 g/mol. The van der Waals surface area contributed by atoms with Crippen molar-refractivity contribution in [1.82, 2.24) is 10.2 Å². The highest BCUT2D eigenvalue weighted by Gasteiger charge is 2.25. The third-order valence-corrected chi connectivity index (χ3v) is 5.39. The van der Waals surface area contributed by atoms with Crippen LogP contribution in [0.25, 0.3) is 0 Å². The standard InChI is InChI=1S/C22H27ClN4O2/c1-26(2)19-11-5-16(6-12-19)20(27-13-3-4-14-27)15-24-21(28)22(29)25-18-9-7-17(23)8-10-18/h5-12,20H,3-4,13-15H2,1-2H3,(H,24,28)(H,25,29)/t20-/m1/s1. The van der Waals surface area contributed by atoms with Crippen molar-refractivity contribution in [3.05, 3.63) is 59.1 Å². The summed E-state index contributed by atoms with van der Waals surface area (Å²) < 4.78 is 0. The molecule has 0 radical (unpaired) electrons. The Morgan fingerprint density at radius 1 is 1.00 bits per heavy atom. The second-order valence-electron chi connectivity index (χ2n) is 7.42. The maximum atomic E-state index is 12.3. The quantitative estimate of drug-likeness (QED) is 0.712. The van der Waals surface area contributed by atoms with E-state index >= 15 is 0 Å². The average Bonchev–Trinajstić information content (AvgIpc) is 3.24. The Kier molecular flexibility index (Phi) is 7.12. The summed E-state index contributed by atoms with van der Waals surface area (Å²) in [6.45, 7) is 2.37. The minimum absolute atomic E-state index is 0.0426. The van der Waals surface area contributed by atoms with Crippen molar-refractivity contribution in [2.24, 2.45) is 0 Å². The molecule has 1 saturated heterocycles. The lowest BCUT2D eigenvalue weighted by Gasteiger charge is -2.28. The molecular weight excluding hydrogens is 388 g/mol. The Morgan fingerprint density at radius 3 is 2.21 bits per heavy atom. The first-order chi connectivity index (χ1) is 13.9. The maximum absolute atomic E-state index is 12.3. The van der Waals surface area contributed by atoms with Gasteiger partial charge >= 0.3 is 11.8 Å². The van der Waals surface area contributed by atoms with Gasteiger partial charge in [-0.15, -0.1) is 0 Å². The van der Waals surface area contributed by atoms with E-state index in [0.29, 0.717) is 17.3 Å². The zero-order valence-electron chi connectivity index (χ0n) is 16.8. The fourth-order valence-corrected chi connectivity index (χ4v) is 3.62. The molecule has 6 nitrogen and oxygen atoms in total. The molecule has 2 aromatic carbocycles. The molecule has 0 aliphatic carbocycles. The number of anilines is 2. The van der Waals surface area contributed by atoms with Crippen LogP contribution in [0.15, 0.2) is 48.5 Å². The summed E-state index contributed by atoms with van der Waals surface area (Å²) >= 11 is 5.84. The first-order valence-corrected chi connectivity index (χ1v) is 10.2. The molecule has 1 atom stereocenters. The van der Waals surface area contributed by atoms with E-state index in [2.05, 4.69) is 44.7 Å².